The fraction of sp³-hybridized carbons (Fsp3) is 0.545. The van der Waals surface area contributed by atoms with E-state index in [0.29, 0.717) is 0 Å². The van der Waals surface area contributed by atoms with Crippen molar-refractivity contribution in [3.63, 3.8) is 0 Å². The van der Waals surface area contributed by atoms with E-state index in [2.05, 4.69) is 63.2 Å². The smallest absolute Gasteiger partial charge is 0.120 e. The third-order valence-corrected chi connectivity index (χ3v) is 4.77. The summed E-state index contributed by atoms with van der Waals surface area (Å²) >= 11 is 0. The predicted octanol–water partition coefficient (Wildman–Crippen LogP) is 4.81. The molecule has 0 aliphatic carbocycles. The number of benzene rings is 2. The van der Waals surface area contributed by atoms with Gasteiger partial charge in [0.25, 0.3) is 0 Å². The molecule has 0 aromatic heterocycles. The Morgan fingerprint density at radius 2 is 1.68 bits per heavy atom. The van der Waals surface area contributed by atoms with Crippen LogP contribution in [0.2, 0.25) is 0 Å². The Morgan fingerprint density at radius 1 is 1.04 bits per heavy atom. The first-order valence-corrected chi connectivity index (χ1v) is 9.34. The molecule has 0 fully saturated rings. The zero-order valence-electron chi connectivity index (χ0n) is 16.5. The summed E-state index contributed by atoms with van der Waals surface area (Å²) in [4.78, 5) is 2.14. The van der Waals surface area contributed by atoms with Gasteiger partial charge in [0.2, 0.25) is 0 Å². The van der Waals surface area contributed by atoms with Gasteiger partial charge in [0.05, 0.1) is 11.7 Å². The van der Waals surface area contributed by atoms with E-state index in [4.69, 9.17) is 4.74 Å². The van der Waals surface area contributed by atoms with E-state index < -0.39 is 5.60 Å². The number of hydrogen-bond donors (Lipinski definition) is 1. The molecule has 2 rings (SSSR count). The molecule has 0 heterocycles. The summed E-state index contributed by atoms with van der Waals surface area (Å²) < 4.78 is 5.79. The van der Waals surface area contributed by atoms with Crippen molar-refractivity contribution in [3.05, 3.63) is 42.0 Å². The van der Waals surface area contributed by atoms with Gasteiger partial charge >= 0.3 is 0 Å². The molecule has 0 radical (unpaired) electrons. The molecule has 3 heteroatoms. The quantitative estimate of drug-likeness (QED) is 0.746. The normalized spacial score (nSPS) is 15.6. The van der Waals surface area contributed by atoms with Crippen molar-refractivity contribution in [2.24, 2.45) is 5.92 Å². The van der Waals surface area contributed by atoms with Crippen LogP contribution in [0.1, 0.15) is 46.1 Å². The summed E-state index contributed by atoms with van der Waals surface area (Å²) in [5.74, 6) is 1.04. The Kier molecular flexibility index (Phi) is 6.47. The second-order valence-corrected chi connectivity index (χ2v) is 7.73. The first-order valence-electron chi connectivity index (χ1n) is 9.34. The standard InChI is InChI=1S/C22H33NO2/c1-7-12-22(24,17(4)15-23(5)6)20-10-8-19-14-21(25-16(2)3)11-9-18(19)13-20/h8-11,13-14,16-17,24H,7,12,15H2,1-6H3. The van der Waals surface area contributed by atoms with Crippen molar-refractivity contribution in [2.45, 2.75) is 52.2 Å². The van der Waals surface area contributed by atoms with Crippen LogP contribution in [-0.4, -0.2) is 36.8 Å². The summed E-state index contributed by atoms with van der Waals surface area (Å²) in [7, 11) is 4.11. The van der Waals surface area contributed by atoms with Gasteiger partial charge in [-0.3, -0.25) is 0 Å². The summed E-state index contributed by atoms with van der Waals surface area (Å²) in [6.07, 6.45) is 1.88. The molecular formula is C22H33NO2. The van der Waals surface area contributed by atoms with E-state index in [1.54, 1.807) is 0 Å². The molecule has 0 aliphatic rings. The highest BCUT2D eigenvalue weighted by Gasteiger charge is 2.35. The van der Waals surface area contributed by atoms with E-state index in [1.807, 2.05) is 19.9 Å². The summed E-state index contributed by atoms with van der Waals surface area (Å²) in [6, 6.07) is 12.5. The van der Waals surface area contributed by atoms with Crippen molar-refractivity contribution in [3.8, 4) is 5.75 Å². The number of nitrogens with zero attached hydrogens (tertiary/aromatic N) is 1. The maximum Gasteiger partial charge on any atom is 0.120 e. The topological polar surface area (TPSA) is 32.7 Å². The van der Waals surface area contributed by atoms with Crippen LogP contribution in [0.15, 0.2) is 36.4 Å². The van der Waals surface area contributed by atoms with Gasteiger partial charge in [-0.25, -0.2) is 0 Å². The number of rotatable bonds is 8. The van der Waals surface area contributed by atoms with Gasteiger partial charge in [-0.15, -0.1) is 0 Å². The fourth-order valence-corrected chi connectivity index (χ4v) is 3.59. The van der Waals surface area contributed by atoms with E-state index in [-0.39, 0.29) is 12.0 Å². The van der Waals surface area contributed by atoms with E-state index >= 15 is 0 Å². The average Bonchev–Trinajstić information content (AvgIpc) is 2.53. The highest BCUT2D eigenvalue weighted by molar-refractivity contribution is 5.84. The molecule has 0 bridgehead atoms. The van der Waals surface area contributed by atoms with Crippen molar-refractivity contribution >= 4 is 10.8 Å². The van der Waals surface area contributed by atoms with Crippen LogP contribution in [0.4, 0.5) is 0 Å². The monoisotopic (exact) mass is 343 g/mol. The van der Waals surface area contributed by atoms with E-state index in [0.717, 1.165) is 41.5 Å². The van der Waals surface area contributed by atoms with Crippen LogP contribution >= 0.6 is 0 Å². The molecule has 0 aliphatic heterocycles. The van der Waals surface area contributed by atoms with Crippen LogP contribution in [0, 0.1) is 5.92 Å². The third-order valence-electron chi connectivity index (χ3n) is 4.77. The van der Waals surface area contributed by atoms with Gasteiger partial charge in [0.1, 0.15) is 5.75 Å². The molecule has 138 valence electrons. The Hall–Kier alpha value is -1.58. The molecule has 2 unspecified atom stereocenters. The molecule has 1 N–H and O–H groups in total. The molecule has 0 saturated carbocycles. The lowest BCUT2D eigenvalue weighted by Crippen LogP contribution is -2.39. The van der Waals surface area contributed by atoms with Crippen LogP contribution < -0.4 is 4.74 Å². The molecule has 0 spiro atoms. The molecule has 3 nitrogen and oxygen atoms in total. The molecule has 0 amide bonds. The number of ether oxygens (including phenoxy) is 1. The van der Waals surface area contributed by atoms with Gasteiger partial charge in [0.15, 0.2) is 0 Å². The van der Waals surface area contributed by atoms with Crippen LogP contribution in [0.5, 0.6) is 5.75 Å². The fourth-order valence-electron chi connectivity index (χ4n) is 3.59. The summed E-state index contributed by atoms with van der Waals surface area (Å²) in [5.41, 5.74) is 0.203. The Morgan fingerprint density at radius 3 is 2.28 bits per heavy atom. The van der Waals surface area contributed by atoms with Crippen LogP contribution in [0.3, 0.4) is 0 Å². The van der Waals surface area contributed by atoms with Crippen molar-refractivity contribution in [2.75, 3.05) is 20.6 Å². The predicted molar refractivity (Wildman–Crippen MR) is 106 cm³/mol. The van der Waals surface area contributed by atoms with Crippen molar-refractivity contribution in [1.29, 1.82) is 0 Å². The summed E-state index contributed by atoms with van der Waals surface area (Å²) in [6.45, 7) is 9.19. The van der Waals surface area contributed by atoms with Gasteiger partial charge in [-0.05, 0) is 68.9 Å². The second-order valence-electron chi connectivity index (χ2n) is 7.73. The SMILES string of the molecule is CCCC(O)(c1ccc2cc(OC(C)C)ccc2c1)C(C)CN(C)C. The minimum absolute atomic E-state index is 0.156. The molecule has 2 atom stereocenters. The van der Waals surface area contributed by atoms with Crippen molar-refractivity contribution in [1.82, 2.24) is 4.90 Å². The minimum atomic E-state index is -0.805. The lowest BCUT2D eigenvalue weighted by atomic mass is 9.78. The summed E-state index contributed by atoms with van der Waals surface area (Å²) in [5, 5.41) is 13.8. The first-order chi connectivity index (χ1) is 11.8. The molecular weight excluding hydrogens is 310 g/mol. The minimum Gasteiger partial charge on any atom is -0.491 e. The Balaban J connectivity index is 2.39. The van der Waals surface area contributed by atoms with Gasteiger partial charge in [0, 0.05) is 12.5 Å². The number of fused-ring (bicyclic) bond motifs is 1. The zero-order valence-corrected chi connectivity index (χ0v) is 16.5. The van der Waals surface area contributed by atoms with E-state index in [1.165, 1.54) is 0 Å². The number of hydrogen-bond acceptors (Lipinski definition) is 3. The highest BCUT2D eigenvalue weighted by Crippen LogP contribution is 2.36. The van der Waals surface area contributed by atoms with Gasteiger partial charge in [-0.1, -0.05) is 38.5 Å². The molecule has 25 heavy (non-hydrogen) atoms. The maximum absolute atomic E-state index is 11.5. The first kappa shape index (κ1) is 19.7. The molecule has 2 aromatic rings. The molecule has 0 saturated heterocycles. The average molecular weight is 344 g/mol. The maximum atomic E-state index is 11.5. The van der Waals surface area contributed by atoms with Crippen molar-refractivity contribution < 1.29 is 9.84 Å². The Labute approximate surface area is 152 Å². The lowest BCUT2D eigenvalue weighted by molar-refractivity contribution is -0.0337. The highest BCUT2D eigenvalue weighted by atomic mass is 16.5. The second kappa shape index (κ2) is 8.20. The zero-order chi connectivity index (χ0) is 18.6. The largest absolute Gasteiger partial charge is 0.491 e. The third kappa shape index (κ3) is 4.74. The van der Waals surface area contributed by atoms with Crippen LogP contribution in [-0.2, 0) is 5.60 Å². The van der Waals surface area contributed by atoms with Crippen LogP contribution in [0.25, 0.3) is 10.8 Å². The lowest BCUT2D eigenvalue weighted by Gasteiger charge is -2.36. The van der Waals surface area contributed by atoms with Gasteiger partial charge in [-0.2, -0.15) is 0 Å². The number of aliphatic hydroxyl groups is 1. The molecule has 2 aromatic carbocycles. The Bertz CT molecular complexity index is 695. The van der Waals surface area contributed by atoms with E-state index in [9.17, 15) is 5.11 Å². The van der Waals surface area contributed by atoms with Gasteiger partial charge < -0.3 is 14.7 Å².